The summed E-state index contributed by atoms with van der Waals surface area (Å²) in [5.74, 6) is 0.819. The lowest BCUT2D eigenvalue weighted by molar-refractivity contribution is 0.431. The number of nitrogen functional groups attached to an aromatic ring is 1. The molecular weight excluding hydrogens is 478 g/mol. The minimum Gasteiger partial charge on any atom is -0.384 e. The van der Waals surface area contributed by atoms with Crippen LogP contribution >= 0.6 is 0 Å². The SMILES string of the molecule is C=C(Nc1cccc(NS(=O)(=O)c2ccc(-c3noc(-c4cccc(N)n4)n3)cc2)c1)C1(C#N)CC1. The standard InChI is InChI=1S/C25H21N7O3S/c1-16(25(15-26)12-13-25)28-18-4-2-5-19(14-18)32-36(33,34)20-10-8-17(9-11-20)23-30-24(35-31-23)21-6-3-7-22(27)29-21/h2-11,14,28,32H,1,12-13H2,(H2,27,29). The summed E-state index contributed by atoms with van der Waals surface area (Å²) in [5, 5.41) is 16.4. The molecule has 0 bridgehead atoms. The molecule has 0 spiro atoms. The molecule has 1 saturated carbocycles. The van der Waals surface area contributed by atoms with Crippen molar-refractivity contribution in [3.63, 3.8) is 0 Å². The topological polar surface area (TPSA) is 160 Å². The van der Waals surface area contributed by atoms with Crippen LogP contribution in [0.15, 0.2) is 88.4 Å². The maximum atomic E-state index is 13.0. The predicted octanol–water partition coefficient (Wildman–Crippen LogP) is 4.41. The number of nitrogens with one attached hydrogen (secondary N) is 2. The smallest absolute Gasteiger partial charge is 0.276 e. The highest BCUT2D eigenvalue weighted by atomic mass is 32.2. The van der Waals surface area contributed by atoms with Gasteiger partial charge in [0.15, 0.2) is 0 Å². The highest BCUT2D eigenvalue weighted by Crippen LogP contribution is 2.50. The van der Waals surface area contributed by atoms with Gasteiger partial charge in [-0.2, -0.15) is 10.2 Å². The van der Waals surface area contributed by atoms with Crippen molar-refractivity contribution in [1.82, 2.24) is 15.1 Å². The van der Waals surface area contributed by atoms with Gasteiger partial charge in [0, 0.05) is 16.9 Å². The molecular formula is C25H21N7O3S. The highest BCUT2D eigenvalue weighted by molar-refractivity contribution is 7.92. The van der Waals surface area contributed by atoms with Gasteiger partial charge in [0.1, 0.15) is 11.5 Å². The van der Waals surface area contributed by atoms with E-state index >= 15 is 0 Å². The molecule has 1 aliphatic carbocycles. The molecule has 0 aliphatic heterocycles. The molecule has 0 radical (unpaired) electrons. The minimum absolute atomic E-state index is 0.0663. The molecule has 0 amide bonds. The zero-order valence-corrected chi connectivity index (χ0v) is 19.8. The van der Waals surface area contributed by atoms with Crippen LogP contribution in [-0.4, -0.2) is 23.5 Å². The number of anilines is 3. The lowest BCUT2D eigenvalue weighted by Crippen LogP contribution is -2.13. The number of nitrogens with two attached hydrogens (primary N) is 1. The Hall–Kier alpha value is -4.69. The van der Waals surface area contributed by atoms with Crippen LogP contribution in [0.25, 0.3) is 23.0 Å². The molecule has 4 aromatic rings. The molecule has 180 valence electrons. The quantitative estimate of drug-likeness (QED) is 0.319. The molecule has 1 fully saturated rings. The number of pyridine rings is 1. The number of nitriles is 1. The van der Waals surface area contributed by atoms with Crippen molar-refractivity contribution in [2.45, 2.75) is 17.7 Å². The second-order valence-corrected chi connectivity index (χ2v) is 10.1. The van der Waals surface area contributed by atoms with Crippen LogP contribution in [0.2, 0.25) is 0 Å². The Morgan fingerprint density at radius 3 is 2.47 bits per heavy atom. The summed E-state index contributed by atoms with van der Waals surface area (Å²) in [6, 6.07) is 20.2. The van der Waals surface area contributed by atoms with E-state index < -0.39 is 15.4 Å². The van der Waals surface area contributed by atoms with Crippen LogP contribution < -0.4 is 15.8 Å². The number of aromatic nitrogens is 3. The molecule has 1 aliphatic rings. The van der Waals surface area contributed by atoms with Crippen molar-refractivity contribution < 1.29 is 12.9 Å². The van der Waals surface area contributed by atoms with E-state index in [0.717, 1.165) is 12.8 Å². The van der Waals surface area contributed by atoms with Gasteiger partial charge in [-0.15, -0.1) is 0 Å². The molecule has 0 saturated heterocycles. The fourth-order valence-electron chi connectivity index (χ4n) is 3.57. The summed E-state index contributed by atoms with van der Waals surface area (Å²) >= 11 is 0. The van der Waals surface area contributed by atoms with Crippen molar-refractivity contribution >= 4 is 27.2 Å². The van der Waals surface area contributed by atoms with Crippen molar-refractivity contribution in [3.8, 4) is 29.0 Å². The first-order valence-electron chi connectivity index (χ1n) is 11.0. The predicted molar refractivity (Wildman–Crippen MR) is 135 cm³/mol. The van der Waals surface area contributed by atoms with Gasteiger partial charge in [-0.3, -0.25) is 4.72 Å². The fraction of sp³-hybridized carbons (Fsp3) is 0.120. The molecule has 5 rings (SSSR count). The van der Waals surface area contributed by atoms with Gasteiger partial charge >= 0.3 is 0 Å². The van der Waals surface area contributed by atoms with E-state index in [1.807, 2.05) is 0 Å². The number of rotatable bonds is 8. The average Bonchev–Trinajstić information content (AvgIpc) is 3.52. The second kappa shape index (κ2) is 8.83. The first kappa shape index (κ1) is 23.1. The van der Waals surface area contributed by atoms with E-state index in [1.165, 1.54) is 12.1 Å². The van der Waals surface area contributed by atoms with Crippen molar-refractivity contribution in [3.05, 3.63) is 79.0 Å². The van der Waals surface area contributed by atoms with E-state index in [1.54, 1.807) is 54.6 Å². The van der Waals surface area contributed by atoms with Crippen LogP contribution in [0, 0.1) is 16.7 Å². The lowest BCUT2D eigenvalue weighted by atomic mass is 10.1. The molecule has 2 heterocycles. The van der Waals surface area contributed by atoms with Crippen molar-refractivity contribution in [1.29, 1.82) is 5.26 Å². The fourth-order valence-corrected chi connectivity index (χ4v) is 4.62. The summed E-state index contributed by atoms with van der Waals surface area (Å²) < 4.78 is 33.8. The third-order valence-corrected chi connectivity index (χ3v) is 7.19. The van der Waals surface area contributed by atoms with E-state index in [-0.39, 0.29) is 16.6 Å². The molecule has 2 aromatic carbocycles. The summed E-state index contributed by atoms with van der Waals surface area (Å²) in [4.78, 5) is 8.53. The number of nitrogens with zero attached hydrogens (tertiary/aromatic N) is 4. The Kier molecular flexibility index (Phi) is 5.66. The summed E-state index contributed by atoms with van der Waals surface area (Å²) in [5.41, 5.74) is 7.79. The monoisotopic (exact) mass is 499 g/mol. The van der Waals surface area contributed by atoms with Crippen LogP contribution in [0.1, 0.15) is 12.8 Å². The lowest BCUT2D eigenvalue weighted by Gasteiger charge is -2.15. The number of hydrogen-bond donors (Lipinski definition) is 3. The number of sulfonamides is 1. The van der Waals surface area contributed by atoms with Gasteiger partial charge in [0.25, 0.3) is 15.9 Å². The number of hydrogen-bond acceptors (Lipinski definition) is 9. The number of benzene rings is 2. The Bertz CT molecular complexity index is 1600. The first-order chi connectivity index (χ1) is 17.3. The largest absolute Gasteiger partial charge is 0.384 e. The van der Waals surface area contributed by atoms with Gasteiger partial charge < -0.3 is 15.6 Å². The van der Waals surface area contributed by atoms with E-state index in [4.69, 9.17) is 10.3 Å². The molecule has 11 heteroatoms. The molecule has 2 aromatic heterocycles. The van der Waals surface area contributed by atoms with E-state index in [0.29, 0.717) is 34.1 Å². The highest BCUT2D eigenvalue weighted by Gasteiger charge is 2.46. The minimum atomic E-state index is -3.86. The molecule has 4 N–H and O–H groups in total. The zero-order valence-electron chi connectivity index (χ0n) is 19.0. The Morgan fingerprint density at radius 1 is 1.06 bits per heavy atom. The summed E-state index contributed by atoms with van der Waals surface area (Å²) in [7, 11) is -3.86. The average molecular weight is 500 g/mol. The zero-order chi connectivity index (χ0) is 25.3. The molecule has 10 nitrogen and oxygen atoms in total. The third kappa shape index (κ3) is 4.62. The van der Waals surface area contributed by atoms with Gasteiger partial charge in [0.2, 0.25) is 5.82 Å². The van der Waals surface area contributed by atoms with Crippen LogP contribution in [0.3, 0.4) is 0 Å². The van der Waals surface area contributed by atoms with E-state index in [9.17, 15) is 13.7 Å². The van der Waals surface area contributed by atoms with Crippen LogP contribution in [0.5, 0.6) is 0 Å². The van der Waals surface area contributed by atoms with Crippen molar-refractivity contribution in [2.75, 3.05) is 15.8 Å². The third-order valence-electron chi connectivity index (χ3n) is 5.79. The first-order valence-corrected chi connectivity index (χ1v) is 12.4. The second-order valence-electron chi connectivity index (χ2n) is 8.38. The molecule has 0 atom stereocenters. The summed E-state index contributed by atoms with van der Waals surface area (Å²) in [6.07, 6.45) is 1.53. The maximum absolute atomic E-state index is 13.0. The Balaban J connectivity index is 1.30. The van der Waals surface area contributed by atoms with Crippen molar-refractivity contribution in [2.24, 2.45) is 5.41 Å². The Morgan fingerprint density at radius 2 is 1.78 bits per heavy atom. The Labute approximate surface area is 207 Å². The van der Waals surface area contributed by atoms with Gasteiger partial charge in [-0.25, -0.2) is 13.4 Å². The van der Waals surface area contributed by atoms with E-state index in [2.05, 4.69) is 37.8 Å². The molecule has 0 unspecified atom stereocenters. The normalized spacial score (nSPS) is 14.0. The van der Waals surface area contributed by atoms with Crippen LogP contribution in [0.4, 0.5) is 17.2 Å². The molecule has 36 heavy (non-hydrogen) atoms. The maximum Gasteiger partial charge on any atom is 0.276 e. The van der Waals surface area contributed by atoms with Crippen LogP contribution in [-0.2, 0) is 10.0 Å². The van der Waals surface area contributed by atoms with Gasteiger partial charge in [-0.1, -0.05) is 23.9 Å². The summed E-state index contributed by atoms with van der Waals surface area (Å²) in [6.45, 7) is 3.96. The van der Waals surface area contributed by atoms with Gasteiger partial charge in [0.05, 0.1) is 22.1 Å². The van der Waals surface area contributed by atoms with Gasteiger partial charge in [-0.05, 0) is 67.4 Å². The number of allylic oxidation sites excluding steroid dienone is 1.